The average molecular weight is 333 g/mol. The summed E-state index contributed by atoms with van der Waals surface area (Å²) in [5, 5.41) is 12.2. The molecule has 0 aliphatic rings. The van der Waals surface area contributed by atoms with Crippen LogP contribution in [-0.2, 0) is 4.79 Å². The molecule has 0 N–H and O–H groups in total. The number of tetrazole rings is 1. The molecule has 0 aliphatic heterocycles. The van der Waals surface area contributed by atoms with Crippen molar-refractivity contribution in [2.24, 2.45) is 0 Å². The first-order valence-electron chi connectivity index (χ1n) is 7.86. The maximum atomic E-state index is 12.9. The molecule has 0 spiro atoms. The van der Waals surface area contributed by atoms with E-state index in [-0.39, 0.29) is 17.2 Å². The lowest BCUT2D eigenvalue weighted by molar-refractivity contribution is -0.130. The Kier molecular flexibility index (Phi) is 6.15. The van der Waals surface area contributed by atoms with E-state index < -0.39 is 0 Å². The van der Waals surface area contributed by atoms with Crippen LogP contribution in [0, 0.1) is 0 Å². The summed E-state index contributed by atoms with van der Waals surface area (Å²) < 4.78 is 1.75. The van der Waals surface area contributed by atoms with Crippen LogP contribution < -0.4 is 0 Å². The highest BCUT2D eigenvalue weighted by molar-refractivity contribution is 8.00. The second-order valence-electron chi connectivity index (χ2n) is 5.42. The summed E-state index contributed by atoms with van der Waals surface area (Å²) in [5.41, 5.74) is 0.965. The molecule has 0 saturated heterocycles. The summed E-state index contributed by atoms with van der Waals surface area (Å²) in [6, 6.07) is 9.94. The number of nitrogens with zero attached hydrogens (tertiary/aromatic N) is 5. The first kappa shape index (κ1) is 17.5. The van der Waals surface area contributed by atoms with Gasteiger partial charge >= 0.3 is 0 Å². The number of carbonyl (C=O) groups is 1. The third kappa shape index (κ3) is 4.10. The van der Waals surface area contributed by atoms with Gasteiger partial charge in [-0.3, -0.25) is 4.79 Å². The lowest BCUT2D eigenvalue weighted by Gasteiger charge is -2.25. The SMILES string of the molecule is CCN(CC)C(=O)C(Sc1nnnn1C(C)C)c1ccccc1. The van der Waals surface area contributed by atoms with Gasteiger partial charge in [0.05, 0.1) is 6.04 Å². The molecule has 0 fully saturated rings. The number of likely N-dealkylation sites (N-methyl/N-ethyl adjacent to an activating group) is 1. The van der Waals surface area contributed by atoms with E-state index in [0.29, 0.717) is 18.2 Å². The van der Waals surface area contributed by atoms with Gasteiger partial charge in [-0.2, -0.15) is 0 Å². The first-order valence-corrected chi connectivity index (χ1v) is 8.74. The van der Waals surface area contributed by atoms with Crippen LogP contribution in [0.15, 0.2) is 35.5 Å². The van der Waals surface area contributed by atoms with Crippen molar-refractivity contribution in [3.05, 3.63) is 35.9 Å². The predicted molar refractivity (Wildman–Crippen MR) is 91.2 cm³/mol. The summed E-state index contributed by atoms with van der Waals surface area (Å²) in [5.74, 6) is 0.0875. The fourth-order valence-electron chi connectivity index (χ4n) is 2.28. The minimum absolute atomic E-state index is 0.0875. The summed E-state index contributed by atoms with van der Waals surface area (Å²) >= 11 is 1.41. The van der Waals surface area contributed by atoms with E-state index in [1.54, 1.807) is 4.68 Å². The van der Waals surface area contributed by atoms with E-state index in [4.69, 9.17) is 0 Å². The lowest BCUT2D eigenvalue weighted by Crippen LogP contribution is -2.34. The first-order chi connectivity index (χ1) is 11.1. The fraction of sp³-hybridized carbons (Fsp3) is 0.500. The Morgan fingerprint density at radius 3 is 2.43 bits per heavy atom. The number of carbonyl (C=O) groups excluding carboxylic acids is 1. The van der Waals surface area contributed by atoms with Crippen molar-refractivity contribution < 1.29 is 4.79 Å². The van der Waals surface area contributed by atoms with Crippen LogP contribution in [0.3, 0.4) is 0 Å². The third-order valence-electron chi connectivity index (χ3n) is 3.58. The van der Waals surface area contributed by atoms with Crippen molar-refractivity contribution in [3.63, 3.8) is 0 Å². The van der Waals surface area contributed by atoms with Crippen molar-refractivity contribution in [2.75, 3.05) is 13.1 Å². The Labute approximate surface area is 141 Å². The van der Waals surface area contributed by atoms with Crippen LogP contribution in [0.4, 0.5) is 0 Å². The number of benzene rings is 1. The van der Waals surface area contributed by atoms with Crippen LogP contribution >= 0.6 is 11.8 Å². The largest absolute Gasteiger partial charge is 0.342 e. The molecule has 1 atom stereocenters. The van der Waals surface area contributed by atoms with E-state index in [1.165, 1.54) is 11.8 Å². The summed E-state index contributed by atoms with van der Waals surface area (Å²) in [6.45, 7) is 9.40. The Morgan fingerprint density at radius 1 is 1.22 bits per heavy atom. The summed E-state index contributed by atoms with van der Waals surface area (Å²) in [6.07, 6.45) is 0. The highest BCUT2D eigenvalue weighted by atomic mass is 32.2. The molecule has 2 rings (SSSR count). The molecular weight excluding hydrogens is 310 g/mol. The van der Waals surface area contributed by atoms with Crippen LogP contribution in [0.2, 0.25) is 0 Å². The number of hydrogen-bond donors (Lipinski definition) is 0. The van der Waals surface area contributed by atoms with Crippen LogP contribution in [0.25, 0.3) is 0 Å². The smallest absolute Gasteiger partial charge is 0.240 e. The molecule has 0 radical (unpaired) electrons. The molecule has 7 heteroatoms. The van der Waals surface area contributed by atoms with E-state index in [1.807, 2.05) is 62.9 Å². The van der Waals surface area contributed by atoms with Gasteiger partial charge < -0.3 is 4.90 Å². The monoisotopic (exact) mass is 333 g/mol. The predicted octanol–water partition coefficient (Wildman–Crippen LogP) is 2.96. The van der Waals surface area contributed by atoms with Gasteiger partial charge in [0.2, 0.25) is 11.1 Å². The Bertz CT molecular complexity index is 624. The quantitative estimate of drug-likeness (QED) is 0.729. The Balaban J connectivity index is 2.34. The van der Waals surface area contributed by atoms with Crippen LogP contribution in [0.5, 0.6) is 0 Å². The summed E-state index contributed by atoms with van der Waals surface area (Å²) in [7, 11) is 0. The molecule has 0 bridgehead atoms. The normalized spacial score (nSPS) is 12.4. The van der Waals surface area contributed by atoms with Gasteiger partial charge in [-0.1, -0.05) is 42.1 Å². The highest BCUT2D eigenvalue weighted by Crippen LogP contribution is 2.36. The molecule has 1 aromatic heterocycles. The molecule has 1 amide bonds. The molecule has 23 heavy (non-hydrogen) atoms. The second kappa shape index (κ2) is 8.10. The molecule has 1 heterocycles. The van der Waals surface area contributed by atoms with Gasteiger partial charge in [0.25, 0.3) is 0 Å². The van der Waals surface area contributed by atoms with Gasteiger partial charge in [0, 0.05) is 13.1 Å². The fourth-order valence-corrected chi connectivity index (χ4v) is 3.48. The van der Waals surface area contributed by atoms with Gasteiger partial charge in [0.15, 0.2) is 0 Å². The molecule has 1 aromatic carbocycles. The molecule has 0 aliphatic carbocycles. The van der Waals surface area contributed by atoms with E-state index >= 15 is 0 Å². The van der Waals surface area contributed by atoms with E-state index in [9.17, 15) is 4.79 Å². The molecule has 124 valence electrons. The molecule has 2 aromatic rings. The standard InChI is InChI=1S/C16H23N5OS/c1-5-20(6-2)15(22)14(13-10-8-7-9-11-13)23-16-17-18-19-21(16)12(3)4/h7-12,14H,5-6H2,1-4H3. The number of hydrogen-bond acceptors (Lipinski definition) is 5. The minimum atomic E-state index is -0.348. The summed E-state index contributed by atoms with van der Waals surface area (Å²) in [4.78, 5) is 14.8. The molecule has 6 nitrogen and oxygen atoms in total. The van der Waals surface area contributed by atoms with Gasteiger partial charge in [-0.25, -0.2) is 4.68 Å². The zero-order chi connectivity index (χ0) is 16.8. The number of thioether (sulfide) groups is 1. The second-order valence-corrected chi connectivity index (χ2v) is 6.49. The number of amides is 1. The average Bonchev–Trinajstić information content (AvgIpc) is 3.03. The molecule has 0 saturated carbocycles. The topological polar surface area (TPSA) is 63.9 Å². The Morgan fingerprint density at radius 2 is 1.87 bits per heavy atom. The van der Waals surface area contributed by atoms with E-state index in [2.05, 4.69) is 15.5 Å². The number of aromatic nitrogens is 4. The lowest BCUT2D eigenvalue weighted by atomic mass is 10.1. The zero-order valence-electron chi connectivity index (χ0n) is 14.0. The van der Waals surface area contributed by atoms with Crippen molar-refractivity contribution in [3.8, 4) is 0 Å². The van der Waals surface area contributed by atoms with Crippen LogP contribution in [0.1, 0.15) is 44.6 Å². The van der Waals surface area contributed by atoms with Crippen LogP contribution in [-0.4, -0.2) is 44.1 Å². The molecular formula is C16H23N5OS. The molecule has 1 unspecified atom stereocenters. The zero-order valence-corrected chi connectivity index (χ0v) is 14.8. The van der Waals surface area contributed by atoms with Crippen molar-refractivity contribution in [1.29, 1.82) is 0 Å². The van der Waals surface area contributed by atoms with Crippen molar-refractivity contribution in [1.82, 2.24) is 25.1 Å². The number of rotatable bonds is 7. The minimum Gasteiger partial charge on any atom is -0.342 e. The van der Waals surface area contributed by atoms with Crippen molar-refractivity contribution in [2.45, 2.75) is 44.1 Å². The van der Waals surface area contributed by atoms with Gasteiger partial charge in [-0.15, -0.1) is 5.10 Å². The third-order valence-corrected chi connectivity index (χ3v) is 4.77. The maximum absolute atomic E-state index is 12.9. The van der Waals surface area contributed by atoms with Gasteiger partial charge in [-0.05, 0) is 43.7 Å². The van der Waals surface area contributed by atoms with Crippen molar-refractivity contribution >= 4 is 17.7 Å². The van der Waals surface area contributed by atoms with E-state index in [0.717, 1.165) is 5.56 Å². The Hall–Kier alpha value is -1.89. The van der Waals surface area contributed by atoms with Gasteiger partial charge in [0.1, 0.15) is 5.25 Å². The highest BCUT2D eigenvalue weighted by Gasteiger charge is 2.28. The maximum Gasteiger partial charge on any atom is 0.240 e.